The Hall–Kier alpha value is -1.68. The molecule has 0 spiro atoms. The number of hydrogen-bond donors (Lipinski definition) is 1. The average molecular weight is 454 g/mol. The quantitative estimate of drug-likeness (QED) is 0.350. The molecule has 1 aliphatic heterocycles. The maximum atomic E-state index is 9.11. The Balaban J connectivity index is 1.80. The van der Waals surface area contributed by atoms with E-state index in [2.05, 4.69) is 74.2 Å². The fourth-order valence-electron chi connectivity index (χ4n) is 5.09. The molecule has 2 nitrogen and oxygen atoms in total. The minimum absolute atomic E-state index is 0.0983. The van der Waals surface area contributed by atoms with E-state index in [0.717, 1.165) is 55.1 Å². The molecule has 0 radical (unpaired) electrons. The zero-order valence-corrected chi connectivity index (χ0v) is 20.3. The molecule has 1 heterocycles. The zero-order chi connectivity index (χ0) is 22.0. The Morgan fingerprint density at radius 2 is 1.90 bits per heavy atom. The molecular weight excluding hydrogens is 422 g/mol. The van der Waals surface area contributed by atoms with Gasteiger partial charge in [0.1, 0.15) is 0 Å². The minimum atomic E-state index is -0.0983. The highest BCUT2D eigenvalue weighted by atomic mass is 35.5. The van der Waals surface area contributed by atoms with E-state index in [1.165, 1.54) is 45.3 Å². The highest BCUT2D eigenvalue weighted by molar-refractivity contribution is 7.93. The average Bonchev–Trinajstić information content (AvgIpc) is 2.98. The molecule has 0 aromatic heterocycles. The van der Waals surface area contributed by atoms with E-state index in [4.69, 9.17) is 16.2 Å². The van der Waals surface area contributed by atoms with E-state index in [-0.39, 0.29) is 5.41 Å². The maximum Gasteiger partial charge on any atom is 0.0457 e. The van der Waals surface area contributed by atoms with Crippen molar-refractivity contribution in [2.75, 3.05) is 17.2 Å². The monoisotopic (exact) mass is 453 g/mol. The maximum absolute atomic E-state index is 9.11. The first-order valence-electron chi connectivity index (χ1n) is 11.3. The second-order valence-corrected chi connectivity index (χ2v) is 10.2. The number of allylic oxidation sites excluding steroid dienone is 6. The standard InChI is InChI=1S/C27H32ClNOS/c1-19-9-8-11-21(26(19)28)14-16-24-27(2,3)25-22-12-5-4-10-20(22)13-15-23(25)29(24)17-6-7-18-31-30/h4-5,10,12-16,30H,6-9,11,17-18H2,1-3H3/b21-14+,24-16-. The molecule has 1 aliphatic carbocycles. The van der Waals surface area contributed by atoms with Gasteiger partial charge in [0.15, 0.2) is 0 Å². The summed E-state index contributed by atoms with van der Waals surface area (Å²) in [7, 11) is 0. The van der Waals surface area contributed by atoms with Gasteiger partial charge in [-0.05, 0) is 85.1 Å². The van der Waals surface area contributed by atoms with Crippen molar-refractivity contribution < 1.29 is 4.55 Å². The van der Waals surface area contributed by atoms with Crippen LogP contribution in [0.3, 0.4) is 0 Å². The molecule has 0 saturated heterocycles. The van der Waals surface area contributed by atoms with E-state index in [0.29, 0.717) is 0 Å². The Morgan fingerprint density at radius 1 is 1.10 bits per heavy atom. The topological polar surface area (TPSA) is 23.5 Å². The predicted molar refractivity (Wildman–Crippen MR) is 137 cm³/mol. The van der Waals surface area contributed by atoms with Crippen LogP contribution in [0, 0.1) is 0 Å². The largest absolute Gasteiger partial charge is 0.344 e. The van der Waals surface area contributed by atoms with E-state index in [1.807, 2.05) is 0 Å². The molecule has 2 aliphatic rings. The molecule has 1 N–H and O–H groups in total. The van der Waals surface area contributed by atoms with Crippen LogP contribution < -0.4 is 4.90 Å². The summed E-state index contributed by atoms with van der Waals surface area (Å²) in [6.45, 7) is 7.79. The van der Waals surface area contributed by atoms with Crippen LogP contribution in [0.1, 0.15) is 58.4 Å². The van der Waals surface area contributed by atoms with Crippen LogP contribution in [0.5, 0.6) is 0 Å². The number of fused-ring (bicyclic) bond motifs is 3. The van der Waals surface area contributed by atoms with Gasteiger partial charge in [0.05, 0.1) is 0 Å². The lowest BCUT2D eigenvalue weighted by Crippen LogP contribution is -2.27. The van der Waals surface area contributed by atoms with Crippen LogP contribution in [0.25, 0.3) is 10.8 Å². The van der Waals surface area contributed by atoms with Gasteiger partial charge in [-0.25, -0.2) is 0 Å². The van der Waals surface area contributed by atoms with Crippen molar-refractivity contribution in [1.29, 1.82) is 0 Å². The van der Waals surface area contributed by atoms with Gasteiger partial charge in [0.2, 0.25) is 0 Å². The third-order valence-electron chi connectivity index (χ3n) is 6.72. The summed E-state index contributed by atoms with van der Waals surface area (Å²) in [6, 6.07) is 13.2. The van der Waals surface area contributed by atoms with Crippen molar-refractivity contribution in [3.8, 4) is 0 Å². The highest BCUT2D eigenvalue weighted by Crippen LogP contribution is 2.51. The van der Waals surface area contributed by atoms with Crippen molar-refractivity contribution in [1.82, 2.24) is 0 Å². The van der Waals surface area contributed by atoms with Gasteiger partial charge in [-0.3, -0.25) is 0 Å². The smallest absolute Gasteiger partial charge is 0.0457 e. The summed E-state index contributed by atoms with van der Waals surface area (Å²) in [5.74, 6) is 0.782. The van der Waals surface area contributed by atoms with Crippen molar-refractivity contribution >= 4 is 40.1 Å². The second-order valence-electron chi connectivity index (χ2n) is 9.19. The predicted octanol–water partition coefficient (Wildman–Crippen LogP) is 8.43. The summed E-state index contributed by atoms with van der Waals surface area (Å²) in [6.07, 6.45) is 9.94. The Morgan fingerprint density at radius 3 is 2.71 bits per heavy atom. The molecule has 0 unspecified atom stereocenters. The van der Waals surface area contributed by atoms with Crippen molar-refractivity contribution in [3.05, 3.63) is 76.0 Å². The van der Waals surface area contributed by atoms with Gasteiger partial charge < -0.3 is 9.45 Å². The molecule has 2 aromatic carbocycles. The number of hydrogen-bond acceptors (Lipinski definition) is 3. The highest BCUT2D eigenvalue weighted by Gasteiger charge is 2.40. The lowest BCUT2D eigenvalue weighted by molar-refractivity contribution is 0.625. The van der Waals surface area contributed by atoms with Gasteiger partial charge in [0.25, 0.3) is 0 Å². The molecule has 2 aromatic rings. The molecule has 31 heavy (non-hydrogen) atoms. The summed E-state index contributed by atoms with van der Waals surface area (Å²) in [5.41, 5.74) is 6.51. The molecule has 0 amide bonds. The molecule has 0 fully saturated rings. The third kappa shape index (κ3) is 4.33. The first-order chi connectivity index (χ1) is 14.9. The molecule has 0 saturated carbocycles. The SMILES string of the molecule is CC1=C(Cl)/C(=C/C=C2\N(CCCCSO)c3ccc4ccccc4c3C2(C)C)CCC1. The number of anilines is 1. The van der Waals surface area contributed by atoms with Crippen LogP contribution in [-0.2, 0) is 5.41 Å². The Labute approximate surface area is 195 Å². The molecule has 4 rings (SSSR count). The summed E-state index contributed by atoms with van der Waals surface area (Å²) >= 11 is 7.59. The molecule has 4 heteroatoms. The molecule has 0 bridgehead atoms. The van der Waals surface area contributed by atoms with Gasteiger partial charge >= 0.3 is 0 Å². The summed E-state index contributed by atoms with van der Waals surface area (Å²) < 4.78 is 9.11. The zero-order valence-electron chi connectivity index (χ0n) is 18.7. The lowest BCUT2D eigenvalue weighted by atomic mass is 9.81. The van der Waals surface area contributed by atoms with E-state index >= 15 is 0 Å². The van der Waals surface area contributed by atoms with Crippen LogP contribution in [0.2, 0.25) is 0 Å². The fourth-order valence-corrected chi connectivity index (χ4v) is 5.67. The summed E-state index contributed by atoms with van der Waals surface area (Å²) in [4.78, 5) is 2.49. The normalized spacial score (nSPS) is 20.9. The van der Waals surface area contributed by atoms with Gasteiger partial charge in [-0.15, -0.1) is 0 Å². The second kappa shape index (κ2) is 9.44. The van der Waals surface area contributed by atoms with Crippen molar-refractivity contribution in [2.24, 2.45) is 0 Å². The number of rotatable bonds is 6. The first-order valence-corrected chi connectivity index (χ1v) is 12.6. The van der Waals surface area contributed by atoms with Crippen molar-refractivity contribution in [2.45, 2.75) is 58.3 Å². The van der Waals surface area contributed by atoms with E-state index in [1.54, 1.807) is 0 Å². The number of benzene rings is 2. The molecule has 0 atom stereocenters. The molecule has 164 valence electrons. The minimum Gasteiger partial charge on any atom is -0.344 e. The van der Waals surface area contributed by atoms with Gasteiger partial charge in [-0.1, -0.05) is 67.4 Å². The van der Waals surface area contributed by atoms with Gasteiger partial charge in [0, 0.05) is 34.1 Å². The third-order valence-corrected chi connectivity index (χ3v) is 7.75. The Bertz CT molecular complexity index is 1070. The van der Waals surface area contributed by atoms with Crippen LogP contribution in [-0.4, -0.2) is 16.9 Å². The lowest BCUT2D eigenvalue weighted by Gasteiger charge is -2.27. The first kappa shape index (κ1) is 22.5. The van der Waals surface area contributed by atoms with E-state index in [9.17, 15) is 0 Å². The number of halogens is 1. The van der Waals surface area contributed by atoms with Crippen LogP contribution in [0.4, 0.5) is 5.69 Å². The van der Waals surface area contributed by atoms with Gasteiger partial charge in [-0.2, -0.15) is 0 Å². The summed E-state index contributed by atoms with van der Waals surface area (Å²) in [5, 5.41) is 3.58. The van der Waals surface area contributed by atoms with Crippen molar-refractivity contribution in [3.63, 3.8) is 0 Å². The molecular formula is C27H32ClNOS. The number of nitrogens with zero attached hydrogens (tertiary/aromatic N) is 1. The number of unbranched alkanes of at least 4 members (excludes halogenated alkanes) is 1. The fraction of sp³-hybridized carbons (Fsp3) is 0.407. The van der Waals surface area contributed by atoms with Crippen LogP contribution >= 0.6 is 23.6 Å². The Kier molecular flexibility index (Phi) is 6.86. The van der Waals surface area contributed by atoms with E-state index < -0.39 is 0 Å². The van der Waals surface area contributed by atoms with Crippen LogP contribution in [0.15, 0.2) is 70.4 Å².